The molecule has 1 aliphatic rings. The van der Waals surface area contributed by atoms with Gasteiger partial charge in [-0.3, -0.25) is 4.79 Å². The third kappa shape index (κ3) is 4.06. The smallest absolute Gasteiger partial charge is 0.255 e. The number of fused-ring (bicyclic) bond motifs is 1. The van der Waals surface area contributed by atoms with Crippen molar-refractivity contribution in [1.29, 1.82) is 0 Å². The molecular formula is C23H20ClNO5. The van der Waals surface area contributed by atoms with E-state index < -0.39 is 6.10 Å². The number of nitrogens with one attached hydrogen (secondary N) is 1. The van der Waals surface area contributed by atoms with Gasteiger partial charge in [-0.05, 0) is 30.3 Å². The zero-order valence-electron chi connectivity index (χ0n) is 16.2. The third-order valence-corrected chi connectivity index (χ3v) is 5.13. The molecule has 0 spiro atoms. The Kier molecular flexibility index (Phi) is 5.79. The fourth-order valence-electron chi connectivity index (χ4n) is 3.26. The molecule has 4 rings (SSSR count). The van der Waals surface area contributed by atoms with Crippen LogP contribution in [0.3, 0.4) is 0 Å². The summed E-state index contributed by atoms with van der Waals surface area (Å²) < 4.78 is 16.5. The summed E-state index contributed by atoms with van der Waals surface area (Å²) in [5.74, 6) is 1.22. The quantitative estimate of drug-likeness (QED) is 0.631. The van der Waals surface area contributed by atoms with Crippen molar-refractivity contribution in [2.24, 2.45) is 0 Å². The van der Waals surface area contributed by atoms with Gasteiger partial charge in [0.15, 0.2) is 11.5 Å². The number of benzene rings is 3. The lowest BCUT2D eigenvalue weighted by atomic mass is 9.98. The van der Waals surface area contributed by atoms with E-state index >= 15 is 0 Å². The van der Waals surface area contributed by atoms with Gasteiger partial charge in [0.2, 0.25) is 0 Å². The highest BCUT2D eigenvalue weighted by Gasteiger charge is 2.24. The van der Waals surface area contributed by atoms with Crippen molar-refractivity contribution >= 4 is 23.2 Å². The second kappa shape index (κ2) is 8.65. The Labute approximate surface area is 179 Å². The first kappa shape index (κ1) is 20.1. The molecule has 0 aromatic heterocycles. The number of aliphatic hydroxyl groups excluding tert-OH is 1. The van der Waals surface area contributed by atoms with Crippen LogP contribution in [0.25, 0.3) is 0 Å². The standard InChI is InChI=1S/C23H20ClNO5/c1-28-15-6-4-5-14(11-15)23(27)25-19-13-21-20(29-9-10-30-21)12-17(19)22(26)16-7-2-3-8-18(16)24/h2-8,11-13,22,26H,9-10H2,1H3,(H,25,27)/t22-/m0/s1. The summed E-state index contributed by atoms with van der Waals surface area (Å²) in [5, 5.41) is 14.4. The summed E-state index contributed by atoms with van der Waals surface area (Å²) in [7, 11) is 1.54. The van der Waals surface area contributed by atoms with E-state index in [9.17, 15) is 9.90 Å². The second-order valence-corrected chi connectivity index (χ2v) is 7.10. The fourth-order valence-corrected chi connectivity index (χ4v) is 3.50. The van der Waals surface area contributed by atoms with Gasteiger partial charge in [0.1, 0.15) is 25.1 Å². The Hall–Kier alpha value is -3.22. The highest BCUT2D eigenvalue weighted by Crippen LogP contribution is 2.41. The van der Waals surface area contributed by atoms with Gasteiger partial charge in [-0.2, -0.15) is 0 Å². The molecule has 7 heteroatoms. The lowest BCUT2D eigenvalue weighted by Crippen LogP contribution is -2.19. The second-order valence-electron chi connectivity index (χ2n) is 6.69. The number of carbonyl (C=O) groups excluding carboxylic acids is 1. The summed E-state index contributed by atoms with van der Waals surface area (Å²) in [6.07, 6.45) is -1.07. The predicted molar refractivity (Wildman–Crippen MR) is 114 cm³/mol. The molecule has 1 atom stereocenters. The fraction of sp³-hybridized carbons (Fsp3) is 0.174. The lowest BCUT2D eigenvalue weighted by molar-refractivity contribution is 0.102. The van der Waals surface area contributed by atoms with Crippen molar-refractivity contribution in [3.05, 3.63) is 82.4 Å². The number of amides is 1. The maximum absolute atomic E-state index is 12.9. The largest absolute Gasteiger partial charge is 0.497 e. The molecule has 0 bridgehead atoms. The molecule has 0 radical (unpaired) electrons. The van der Waals surface area contributed by atoms with Crippen LogP contribution in [-0.4, -0.2) is 31.3 Å². The summed E-state index contributed by atoms with van der Waals surface area (Å²) in [6.45, 7) is 0.812. The van der Waals surface area contributed by atoms with E-state index in [-0.39, 0.29) is 5.91 Å². The third-order valence-electron chi connectivity index (χ3n) is 4.79. The highest BCUT2D eigenvalue weighted by molar-refractivity contribution is 6.31. The van der Waals surface area contributed by atoms with Gasteiger partial charge < -0.3 is 24.6 Å². The molecule has 3 aromatic carbocycles. The maximum atomic E-state index is 12.9. The predicted octanol–water partition coefficient (Wildman–Crippen LogP) is 4.45. The number of methoxy groups -OCH3 is 1. The zero-order valence-corrected chi connectivity index (χ0v) is 17.0. The summed E-state index contributed by atoms with van der Waals surface area (Å²) in [4.78, 5) is 12.9. The molecule has 1 heterocycles. The number of halogens is 1. The minimum atomic E-state index is -1.07. The van der Waals surface area contributed by atoms with E-state index in [0.29, 0.717) is 57.9 Å². The molecule has 6 nitrogen and oxygen atoms in total. The Morgan fingerprint density at radius 3 is 2.50 bits per heavy atom. The SMILES string of the molecule is COc1cccc(C(=O)Nc2cc3c(cc2[C@@H](O)c2ccccc2Cl)OCCO3)c1. The molecule has 0 aliphatic carbocycles. The van der Waals surface area contributed by atoms with Crippen LogP contribution in [-0.2, 0) is 0 Å². The van der Waals surface area contributed by atoms with E-state index in [1.54, 1.807) is 60.7 Å². The first-order valence-corrected chi connectivity index (χ1v) is 9.76. The molecule has 2 N–H and O–H groups in total. The Bertz CT molecular complexity index is 1080. The number of hydrogen-bond acceptors (Lipinski definition) is 5. The van der Waals surface area contributed by atoms with E-state index in [1.165, 1.54) is 7.11 Å². The molecule has 1 amide bonds. The van der Waals surface area contributed by atoms with Crippen molar-refractivity contribution in [1.82, 2.24) is 0 Å². The highest BCUT2D eigenvalue weighted by atomic mass is 35.5. The minimum Gasteiger partial charge on any atom is -0.497 e. The first-order chi connectivity index (χ1) is 14.6. The number of aliphatic hydroxyl groups is 1. The number of anilines is 1. The van der Waals surface area contributed by atoms with Crippen molar-refractivity contribution in [2.75, 3.05) is 25.6 Å². The van der Waals surface area contributed by atoms with Crippen LogP contribution < -0.4 is 19.5 Å². The van der Waals surface area contributed by atoms with Crippen molar-refractivity contribution < 1.29 is 24.1 Å². The van der Waals surface area contributed by atoms with Crippen LogP contribution in [0.1, 0.15) is 27.6 Å². The van der Waals surface area contributed by atoms with Crippen LogP contribution in [0.4, 0.5) is 5.69 Å². The van der Waals surface area contributed by atoms with Crippen molar-refractivity contribution in [3.63, 3.8) is 0 Å². The van der Waals surface area contributed by atoms with Crippen molar-refractivity contribution in [3.8, 4) is 17.2 Å². The molecule has 30 heavy (non-hydrogen) atoms. The molecule has 0 saturated heterocycles. The van der Waals surface area contributed by atoms with Crippen LogP contribution in [0.5, 0.6) is 17.2 Å². The number of ether oxygens (including phenoxy) is 3. The summed E-state index contributed by atoms with van der Waals surface area (Å²) >= 11 is 6.28. The van der Waals surface area contributed by atoms with Gasteiger partial charge in [-0.25, -0.2) is 0 Å². The van der Waals surface area contributed by atoms with Crippen LogP contribution in [0, 0.1) is 0 Å². The van der Waals surface area contributed by atoms with Gasteiger partial charge in [-0.1, -0.05) is 35.9 Å². The summed E-state index contributed by atoms with van der Waals surface area (Å²) in [5.41, 5.74) is 1.79. The average Bonchev–Trinajstić information content (AvgIpc) is 2.78. The lowest BCUT2D eigenvalue weighted by Gasteiger charge is -2.24. The monoisotopic (exact) mass is 425 g/mol. The van der Waals surface area contributed by atoms with Gasteiger partial charge in [-0.15, -0.1) is 0 Å². The molecule has 0 unspecified atom stereocenters. The molecule has 3 aromatic rings. The van der Waals surface area contributed by atoms with E-state index in [2.05, 4.69) is 5.32 Å². The minimum absolute atomic E-state index is 0.349. The summed E-state index contributed by atoms with van der Waals surface area (Å²) in [6, 6.07) is 17.1. The Morgan fingerprint density at radius 1 is 1.03 bits per heavy atom. The molecular weight excluding hydrogens is 406 g/mol. The number of hydrogen-bond donors (Lipinski definition) is 2. The van der Waals surface area contributed by atoms with Crippen LogP contribution in [0.2, 0.25) is 5.02 Å². The maximum Gasteiger partial charge on any atom is 0.255 e. The molecule has 1 aliphatic heterocycles. The molecule has 0 fully saturated rings. The zero-order chi connectivity index (χ0) is 21.1. The Balaban J connectivity index is 1.74. The topological polar surface area (TPSA) is 77.0 Å². The van der Waals surface area contributed by atoms with Gasteiger partial charge in [0.25, 0.3) is 5.91 Å². The number of rotatable bonds is 5. The van der Waals surface area contributed by atoms with Crippen molar-refractivity contribution in [2.45, 2.75) is 6.10 Å². The van der Waals surface area contributed by atoms with E-state index in [0.717, 1.165) is 0 Å². The normalized spacial score (nSPS) is 13.4. The van der Waals surface area contributed by atoms with Gasteiger partial charge >= 0.3 is 0 Å². The van der Waals surface area contributed by atoms with Gasteiger partial charge in [0.05, 0.1) is 12.8 Å². The van der Waals surface area contributed by atoms with Crippen LogP contribution >= 0.6 is 11.6 Å². The van der Waals surface area contributed by atoms with E-state index in [4.69, 9.17) is 25.8 Å². The number of carbonyl (C=O) groups is 1. The van der Waals surface area contributed by atoms with Crippen LogP contribution in [0.15, 0.2) is 60.7 Å². The molecule has 154 valence electrons. The van der Waals surface area contributed by atoms with E-state index in [1.807, 2.05) is 0 Å². The first-order valence-electron chi connectivity index (χ1n) is 9.38. The van der Waals surface area contributed by atoms with Gasteiger partial charge in [0, 0.05) is 27.8 Å². The average molecular weight is 426 g/mol. The molecule has 0 saturated carbocycles. The Morgan fingerprint density at radius 2 is 1.77 bits per heavy atom.